The summed E-state index contributed by atoms with van der Waals surface area (Å²) in [4.78, 5) is 21.6. The molecule has 32 heavy (non-hydrogen) atoms. The standard InChI is InChI=1S/C22H24F3N5O2/c1-12(13-5-4-6-14(17(13)23)18(24)25)29-19-15-9-16(22(32-3)7-8-26-10-22)21(31)30(2)20(15)28-11-27-19/h4-6,9,11-12,18,26H,7-8,10H2,1-3H3,(H,27,28,29)/t12-,22?/m1/s1. The minimum atomic E-state index is -2.91. The van der Waals surface area contributed by atoms with Gasteiger partial charge in [-0.1, -0.05) is 18.2 Å². The summed E-state index contributed by atoms with van der Waals surface area (Å²) < 4.78 is 48.1. The molecule has 2 atom stereocenters. The number of nitrogens with zero attached hydrogens (tertiary/aromatic N) is 3. The second kappa shape index (κ2) is 8.51. The quantitative estimate of drug-likeness (QED) is 0.603. The van der Waals surface area contributed by atoms with Crippen LogP contribution in [0.1, 0.15) is 42.5 Å². The minimum absolute atomic E-state index is 0.0907. The summed E-state index contributed by atoms with van der Waals surface area (Å²) in [6, 6.07) is 4.95. The molecule has 1 aliphatic rings. The van der Waals surface area contributed by atoms with Gasteiger partial charge in [-0.15, -0.1) is 0 Å². The Morgan fingerprint density at radius 1 is 1.28 bits per heavy atom. The number of alkyl halides is 2. The molecule has 0 saturated carbocycles. The van der Waals surface area contributed by atoms with Crippen molar-refractivity contribution in [1.82, 2.24) is 19.9 Å². The van der Waals surface area contributed by atoms with E-state index in [0.29, 0.717) is 41.9 Å². The number of halogens is 3. The number of fused-ring (bicyclic) bond motifs is 1. The Kier molecular flexibility index (Phi) is 5.91. The fourth-order valence-corrected chi connectivity index (χ4v) is 4.25. The Morgan fingerprint density at radius 2 is 2.03 bits per heavy atom. The predicted molar refractivity (Wildman–Crippen MR) is 114 cm³/mol. The molecule has 0 spiro atoms. The highest BCUT2D eigenvalue weighted by atomic mass is 19.3. The number of hydrogen-bond donors (Lipinski definition) is 2. The summed E-state index contributed by atoms with van der Waals surface area (Å²) in [6.45, 7) is 2.85. The maximum Gasteiger partial charge on any atom is 0.266 e. The maximum absolute atomic E-state index is 14.7. The van der Waals surface area contributed by atoms with E-state index >= 15 is 0 Å². The Morgan fingerprint density at radius 3 is 2.69 bits per heavy atom. The largest absolute Gasteiger partial charge is 0.372 e. The summed E-state index contributed by atoms with van der Waals surface area (Å²) in [5.41, 5.74) is -0.702. The highest BCUT2D eigenvalue weighted by molar-refractivity contribution is 5.87. The molecule has 3 heterocycles. The van der Waals surface area contributed by atoms with Crippen molar-refractivity contribution in [1.29, 1.82) is 0 Å². The predicted octanol–water partition coefficient (Wildman–Crippen LogP) is 3.41. The van der Waals surface area contributed by atoms with Gasteiger partial charge >= 0.3 is 0 Å². The van der Waals surface area contributed by atoms with Crippen molar-refractivity contribution in [2.75, 3.05) is 25.5 Å². The number of methoxy groups -OCH3 is 1. The van der Waals surface area contributed by atoms with Gasteiger partial charge in [0.05, 0.1) is 22.6 Å². The second-order valence-electron chi connectivity index (χ2n) is 7.92. The van der Waals surface area contributed by atoms with E-state index in [-0.39, 0.29) is 11.1 Å². The van der Waals surface area contributed by atoms with Gasteiger partial charge in [0.25, 0.3) is 12.0 Å². The molecule has 10 heteroatoms. The zero-order valence-electron chi connectivity index (χ0n) is 18.0. The van der Waals surface area contributed by atoms with Gasteiger partial charge in [0.15, 0.2) is 0 Å². The zero-order valence-corrected chi connectivity index (χ0v) is 18.0. The number of hydrogen-bond acceptors (Lipinski definition) is 6. The number of nitrogens with one attached hydrogen (secondary N) is 2. The van der Waals surface area contributed by atoms with Gasteiger partial charge in [0.2, 0.25) is 0 Å². The minimum Gasteiger partial charge on any atom is -0.372 e. The number of benzene rings is 1. The molecule has 1 saturated heterocycles. The third-order valence-corrected chi connectivity index (χ3v) is 6.12. The topological polar surface area (TPSA) is 81.1 Å². The molecule has 1 fully saturated rings. The van der Waals surface area contributed by atoms with E-state index in [1.165, 1.54) is 23.0 Å². The maximum atomic E-state index is 14.7. The molecule has 0 amide bonds. The lowest BCUT2D eigenvalue weighted by Gasteiger charge is -2.27. The number of aryl methyl sites for hydroxylation is 1. The van der Waals surface area contributed by atoms with E-state index in [2.05, 4.69) is 20.6 Å². The van der Waals surface area contributed by atoms with E-state index in [9.17, 15) is 18.0 Å². The Labute approximate surface area is 182 Å². The average Bonchev–Trinajstić information content (AvgIpc) is 3.26. The first-order valence-corrected chi connectivity index (χ1v) is 10.2. The summed E-state index contributed by atoms with van der Waals surface area (Å²) >= 11 is 0. The van der Waals surface area contributed by atoms with Crippen LogP contribution >= 0.6 is 0 Å². The fraction of sp³-hybridized carbons (Fsp3) is 0.409. The van der Waals surface area contributed by atoms with Crippen molar-refractivity contribution >= 4 is 16.9 Å². The third kappa shape index (κ3) is 3.63. The highest BCUT2D eigenvalue weighted by Crippen LogP contribution is 2.33. The molecule has 7 nitrogen and oxygen atoms in total. The molecule has 2 N–H and O–H groups in total. The summed E-state index contributed by atoms with van der Waals surface area (Å²) in [5, 5.41) is 6.87. The number of pyridine rings is 1. The van der Waals surface area contributed by atoms with Crippen LogP contribution < -0.4 is 16.2 Å². The molecule has 1 aliphatic heterocycles. The van der Waals surface area contributed by atoms with Crippen LogP contribution in [0, 0.1) is 5.82 Å². The van der Waals surface area contributed by atoms with Crippen molar-refractivity contribution in [2.45, 2.75) is 31.4 Å². The molecule has 1 unspecified atom stereocenters. The first kappa shape index (κ1) is 22.2. The van der Waals surface area contributed by atoms with Gasteiger partial charge in [-0.3, -0.25) is 9.36 Å². The first-order chi connectivity index (χ1) is 15.3. The van der Waals surface area contributed by atoms with Crippen molar-refractivity contribution in [2.24, 2.45) is 7.05 Å². The van der Waals surface area contributed by atoms with Crippen LogP contribution in [0.3, 0.4) is 0 Å². The smallest absolute Gasteiger partial charge is 0.266 e. The summed E-state index contributed by atoms with van der Waals surface area (Å²) in [6.07, 6.45) is -0.988. The molecule has 0 bridgehead atoms. The second-order valence-corrected chi connectivity index (χ2v) is 7.92. The summed E-state index contributed by atoms with van der Waals surface area (Å²) in [5.74, 6) is -0.595. The van der Waals surface area contributed by atoms with Crippen molar-refractivity contribution < 1.29 is 17.9 Å². The lowest BCUT2D eigenvalue weighted by molar-refractivity contribution is 0.00194. The van der Waals surface area contributed by atoms with Crippen LogP contribution in [-0.2, 0) is 17.4 Å². The van der Waals surface area contributed by atoms with Gasteiger partial charge in [0, 0.05) is 26.3 Å². The molecule has 170 valence electrons. The van der Waals surface area contributed by atoms with Crippen LogP contribution in [0.4, 0.5) is 19.0 Å². The van der Waals surface area contributed by atoms with E-state index < -0.39 is 29.4 Å². The highest BCUT2D eigenvalue weighted by Gasteiger charge is 2.39. The van der Waals surface area contributed by atoms with Crippen LogP contribution in [0.15, 0.2) is 35.4 Å². The monoisotopic (exact) mass is 447 g/mol. The fourth-order valence-electron chi connectivity index (χ4n) is 4.25. The molecule has 0 aliphatic carbocycles. The van der Waals surface area contributed by atoms with E-state index in [0.717, 1.165) is 6.07 Å². The van der Waals surface area contributed by atoms with E-state index in [1.54, 1.807) is 27.1 Å². The van der Waals surface area contributed by atoms with Gasteiger partial charge in [-0.05, 0) is 26.0 Å². The molecule has 3 aromatic rings. The third-order valence-electron chi connectivity index (χ3n) is 6.12. The van der Waals surface area contributed by atoms with Crippen LogP contribution in [0.2, 0.25) is 0 Å². The van der Waals surface area contributed by atoms with Gasteiger partial charge in [-0.2, -0.15) is 0 Å². The van der Waals surface area contributed by atoms with Crippen LogP contribution in [-0.4, -0.2) is 34.7 Å². The van der Waals surface area contributed by atoms with Crippen molar-refractivity contribution in [3.8, 4) is 0 Å². The molecular formula is C22H24F3N5O2. The molecule has 4 rings (SSSR count). The Bertz CT molecular complexity index is 1210. The lowest BCUT2D eigenvalue weighted by atomic mass is 9.93. The molecule has 2 aromatic heterocycles. The number of anilines is 1. The van der Waals surface area contributed by atoms with Crippen LogP contribution in [0.5, 0.6) is 0 Å². The molecule has 1 aromatic carbocycles. The van der Waals surface area contributed by atoms with Crippen molar-refractivity contribution in [3.63, 3.8) is 0 Å². The Hall–Kier alpha value is -2.98. The van der Waals surface area contributed by atoms with E-state index in [1.807, 2.05) is 0 Å². The van der Waals surface area contributed by atoms with Gasteiger partial charge in [-0.25, -0.2) is 23.1 Å². The van der Waals surface area contributed by atoms with Gasteiger partial charge < -0.3 is 15.4 Å². The number of aromatic nitrogens is 3. The molecular weight excluding hydrogens is 423 g/mol. The summed E-state index contributed by atoms with van der Waals surface area (Å²) in [7, 11) is 3.18. The number of ether oxygens (including phenoxy) is 1. The van der Waals surface area contributed by atoms with Crippen molar-refractivity contribution in [3.05, 3.63) is 63.5 Å². The van der Waals surface area contributed by atoms with Gasteiger partial charge in [0.1, 0.15) is 29.2 Å². The van der Waals surface area contributed by atoms with E-state index in [4.69, 9.17) is 4.74 Å². The normalized spacial score (nSPS) is 19.6. The Balaban J connectivity index is 1.81. The zero-order chi connectivity index (χ0) is 23.0. The van der Waals surface area contributed by atoms with Crippen LogP contribution in [0.25, 0.3) is 11.0 Å². The average molecular weight is 447 g/mol. The SMILES string of the molecule is COC1(c2cc3c(N[C@H](C)c4cccc(C(F)F)c4F)ncnc3n(C)c2=O)CCNC1. The first-order valence-electron chi connectivity index (χ1n) is 10.2. The molecule has 0 radical (unpaired) electrons. The number of rotatable bonds is 6. The lowest BCUT2D eigenvalue weighted by Crippen LogP contribution is -2.39.